The molecule has 1 aromatic heterocycles. The van der Waals surface area contributed by atoms with Crippen LogP contribution in [0.15, 0.2) is 70.1 Å². The SMILES string of the molecule is NC(Cn1cc(Br)ccc1=O)c1cccc2ccccc12. The first kappa shape index (κ1) is 14.0. The van der Waals surface area contributed by atoms with Crippen molar-refractivity contribution in [3.63, 3.8) is 0 Å². The second-order valence-electron chi connectivity index (χ2n) is 5.01. The lowest BCUT2D eigenvalue weighted by atomic mass is 9.99. The van der Waals surface area contributed by atoms with E-state index >= 15 is 0 Å². The number of nitrogens with zero attached hydrogens (tertiary/aromatic N) is 1. The molecule has 2 aromatic carbocycles. The molecule has 0 radical (unpaired) electrons. The van der Waals surface area contributed by atoms with Crippen LogP contribution in [0.5, 0.6) is 0 Å². The quantitative estimate of drug-likeness (QED) is 0.792. The Labute approximate surface area is 131 Å². The Balaban J connectivity index is 1.99. The molecule has 0 amide bonds. The van der Waals surface area contributed by atoms with Crippen molar-refractivity contribution in [3.05, 3.63) is 81.2 Å². The van der Waals surface area contributed by atoms with Crippen LogP contribution in [0, 0.1) is 0 Å². The molecule has 0 aliphatic carbocycles. The predicted octanol–water partition coefficient (Wildman–Crippen LogP) is 3.46. The van der Waals surface area contributed by atoms with E-state index in [1.807, 2.05) is 24.3 Å². The van der Waals surface area contributed by atoms with Crippen LogP contribution < -0.4 is 11.3 Å². The van der Waals surface area contributed by atoms with Gasteiger partial charge in [-0.25, -0.2) is 0 Å². The molecule has 0 aliphatic rings. The molecule has 0 bridgehead atoms. The van der Waals surface area contributed by atoms with E-state index < -0.39 is 0 Å². The third-order valence-electron chi connectivity index (χ3n) is 3.56. The second kappa shape index (κ2) is 5.84. The highest BCUT2D eigenvalue weighted by molar-refractivity contribution is 9.10. The van der Waals surface area contributed by atoms with Gasteiger partial charge in [0.15, 0.2) is 0 Å². The molecule has 1 heterocycles. The molecule has 1 unspecified atom stereocenters. The van der Waals surface area contributed by atoms with E-state index in [2.05, 4.69) is 34.1 Å². The van der Waals surface area contributed by atoms with E-state index in [1.165, 1.54) is 0 Å². The van der Waals surface area contributed by atoms with E-state index in [1.54, 1.807) is 22.9 Å². The van der Waals surface area contributed by atoms with Gasteiger partial charge >= 0.3 is 0 Å². The zero-order valence-electron chi connectivity index (χ0n) is 11.4. The largest absolute Gasteiger partial charge is 0.322 e. The standard InChI is InChI=1S/C17H15BrN2O/c18-13-8-9-17(21)20(10-13)11-16(19)15-7-3-5-12-4-1-2-6-14(12)15/h1-10,16H,11,19H2. The first-order valence-electron chi connectivity index (χ1n) is 6.74. The summed E-state index contributed by atoms with van der Waals surface area (Å²) in [6, 6.07) is 17.3. The van der Waals surface area contributed by atoms with Crippen molar-refractivity contribution in [1.29, 1.82) is 0 Å². The number of pyridine rings is 1. The summed E-state index contributed by atoms with van der Waals surface area (Å²) in [5, 5.41) is 2.29. The van der Waals surface area contributed by atoms with Gasteiger partial charge in [-0.1, -0.05) is 42.5 Å². The van der Waals surface area contributed by atoms with Crippen molar-refractivity contribution in [2.45, 2.75) is 12.6 Å². The summed E-state index contributed by atoms with van der Waals surface area (Å²) in [4.78, 5) is 11.9. The Bertz CT molecular complexity index is 836. The zero-order valence-corrected chi connectivity index (χ0v) is 13.0. The van der Waals surface area contributed by atoms with Crippen LogP contribution >= 0.6 is 15.9 Å². The molecule has 0 aliphatic heterocycles. The first-order chi connectivity index (χ1) is 10.1. The Morgan fingerprint density at radius 1 is 1.05 bits per heavy atom. The summed E-state index contributed by atoms with van der Waals surface area (Å²) >= 11 is 3.38. The number of hydrogen-bond acceptors (Lipinski definition) is 2. The molecule has 3 nitrogen and oxygen atoms in total. The summed E-state index contributed by atoms with van der Waals surface area (Å²) in [5.74, 6) is 0. The summed E-state index contributed by atoms with van der Waals surface area (Å²) in [6.07, 6.45) is 1.77. The molecular formula is C17H15BrN2O. The van der Waals surface area contributed by atoms with Crippen molar-refractivity contribution in [2.75, 3.05) is 0 Å². The van der Waals surface area contributed by atoms with Crippen molar-refractivity contribution in [1.82, 2.24) is 4.57 Å². The highest BCUT2D eigenvalue weighted by Crippen LogP contribution is 2.23. The van der Waals surface area contributed by atoms with Crippen molar-refractivity contribution < 1.29 is 0 Å². The number of rotatable bonds is 3. The van der Waals surface area contributed by atoms with Gasteiger partial charge in [0.05, 0.1) is 0 Å². The average Bonchev–Trinajstić information content (AvgIpc) is 2.50. The van der Waals surface area contributed by atoms with Crippen LogP contribution in [0.25, 0.3) is 10.8 Å². The molecule has 0 fully saturated rings. The van der Waals surface area contributed by atoms with E-state index in [4.69, 9.17) is 5.73 Å². The number of nitrogens with two attached hydrogens (primary N) is 1. The van der Waals surface area contributed by atoms with Crippen LogP contribution in [0.1, 0.15) is 11.6 Å². The molecule has 2 N–H and O–H groups in total. The fourth-order valence-electron chi connectivity index (χ4n) is 2.53. The lowest BCUT2D eigenvalue weighted by molar-refractivity contribution is 0.563. The molecular weight excluding hydrogens is 328 g/mol. The molecule has 1 atom stereocenters. The van der Waals surface area contributed by atoms with E-state index in [9.17, 15) is 4.79 Å². The Kier molecular flexibility index (Phi) is 3.90. The summed E-state index contributed by atoms with van der Waals surface area (Å²) < 4.78 is 2.50. The third-order valence-corrected chi connectivity index (χ3v) is 4.03. The Morgan fingerprint density at radius 3 is 2.67 bits per heavy atom. The van der Waals surface area contributed by atoms with E-state index in [-0.39, 0.29) is 11.6 Å². The van der Waals surface area contributed by atoms with Crippen molar-refractivity contribution >= 4 is 26.7 Å². The van der Waals surface area contributed by atoms with Gasteiger partial charge in [0.25, 0.3) is 5.56 Å². The van der Waals surface area contributed by atoms with Crippen molar-refractivity contribution in [3.8, 4) is 0 Å². The maximum absolute atomic E-state index is 11.9. The topological polar surface area (TPSA) is 48.0 Å². The van der Waals surface area contributed by atoms with Gasteiger partial charge < -0.3 is 10.3 Å². The van der Waals surface area contributed by atoms with Gasteiger partial charge in [-0.05, 0) is 38.3 Å². The fourth-order valence-corrected chi connectivity index (χ4v) is 2.91. The monoisotopic (exact) mass is 342 g/mol. The van der Waals surface area contributed by atoms with Crippen LogP contribution in [0.2, 0.25) is 0 Å². The van der Waals surface area contributed by atoms with Crippen LogP contribution in [-0.2, 0) is 6.54 Å². The number of benzene rings is 2. The maximum Gasteiger partial charge on any atom is 0.250 e. The lowest BCUT2D eigenvalue weighted by Crippen LogP contribution is -2.26. The summed E-state index contributed by atoms with van der Waals surface area (Å²) in [6.45, 7) is 0.451. The second-order valence-corrected chi connectivity index (χ2v) is 5.93. The van der Waals surface area contributed by atoms with Gasteiger partial charge in [0.2, 0.25) is 0 Å². The highest BCUT2D eigenvalue weighted by atomic mass is 79.9. The molecule has 3 aromatic rings. The normalized spacial score (nSPS) is 12.5. The van der Waals surface area contributed by atoms with E-state index in [0.717, 1.165) is 20.8 Å². The molecule has 3 rings (SSSR count). The molecule has 4 heteroatoms. The number of aromatic nitrogens is 1. The average molecular weight is 343 g/mol. The van der Waals surface area contributed by atoms with Crippen molar-refractivity contribution in [2.24, 2.45) is 5.73 Å². The van der Waals surface area contributed by atoms with Gasteiger partial charge in [0, 0.05) is 29.3 Å². The number of halogens is 1. The van der Waals surface area contributed by atoms with Gasteiger partial charge in [0.1, 0.15) is 0 Å². The van der Waals surface area contributed by atoms with Crippen LogP contribution in [0.4, 0.5) is 0 Å². The Morgan fingerprint density at radius 2 is 1.81 bits per heavy atom. The molecule has 0 saturated heterocycles. The summed E-state index contributed by atoms with van der Waals surface area (Å²) in [7, 11) is 0. The number of hydrogen-bond donors (Lipinski definition) is 1. The zero-order chi connectivity index (χ0) is 14.8. The predicted molar refractivity (Wildman–Crippen MR) is 89.3 cm³/mol. The van der Waals surface area contributed by atoms with Gasteiger partial charge in [-0.3, -0.25) is 4.79 Å². The number of fused-ring (bicyclic) bond motifs is 1. The highest BCUT2D eigenvalue weighted by Gasteiger charge is 2.11. The third kappa shape index (κ3) is 2.91. The summed E-state index contributed by atoms with van der Waals surface area (Å²) in [5.41, 5.74) is 7.35. The van der Waals surface area contributed by atoms with Crippen LogP contribution in [-0.4, -0.2) is 4.57 Å². The smallest absolute Gasteiger partial charge is 0.250 e. The first-order valence-corrected chi connectivity index (χ1v) is 7.54. The molecule has 106 valence electrons. The lowest BCUT2D eigenvalue weighted by Gasteiger charge is -2.16. The van der Waals surface area contributed by atoms with Gasteiger partial charge in [-0.15, -0.1) is 0 Å². The molecule has 0 spiro atoms. The molecule has 21 heavy (non-hydrogen) atoms. The minimum absolute atomic E-state index is 0.0473. The van der Waals surface area contributed by atoms with E-state index in [0.29, 0.717) is 6.54 Å². The Hall–Kier alpha value is -1.91. The minimum Gasteiger partial charge on any atom is -0.322 e. The maximum atomic E-state index is 11.9. The van der Waals surface area contributed by atoms with Crippen LogP contribution in [0.3, 0.4) is 0 Å². The minimum atomic E-state index is -0.233. The molecule has 0 saturated carbocycles. The fraction of sp³-hybridized carbons (Fsp3) is 0.118. The van der Waals surface area contributed by atoms with Gasteiger partial charge in [-0.2, -0.15) is 0 Å².